The molecule has 1 aliphatic rings. The first-order valence-electron chi connectivity index (χ1n) is 14.0. The predicted molar refractivity (Wildman–Crippen MR) is 161 cm³/mol. The standard InChI is InChI=1S/C33H40N4O2/c1-5-23(4)19-20-34-32(38)26-15-18-29-28(21-26)30(33(39)36-29)31(25-11-9-8-10-12-25)35-27-16-13-24(14-17-27)22-37(6-2)7-3/h8-18,21,23,35H,5-7,19-20,22H2,1-4H3,(H,34,38)(H,36,39). The lowest BCUT2D eigenvalue weighted by Crippen LogP contribution is -2.25. The van der Waals surface area contributed by atoms with Gasteiger partial charge in [-0.05, 0) is 66.9 Å². The van der Waals surface area contributed by atoms with E-state index in [1.165, 1.54) is 5.56 Å². The van der Waals surface area contributed by atoms with Gasteiger partial charge in [-0.1, -0.05) is 76.6 Å². The molecule has 204 valence electrons. The molecule has 3 N–H and O–H groups in total. The van der Waals surface area contributed by atoms with E-state index >= 15 is 0 Å². The normalized spacial score (nSPS) is 14.5. The molecule has 0 saturated carbocycles. The van der Waals surface area contributed by atoms with E-state index in [-0.39, 0.29) is 11.8 Å². The summed E-state index contributed by atoms with van der Waals surface area (Å²) < 4.78 is 0. The molecule has 2 amide bonds. The van der Waals surface area contributed by atoms with Crippen molar-refractivity contribution >= 4 is 34.5 Å². The second kappa shape index (κ2) is 13.3. The van der Waals surface area contributed by atoms with Crippen molar-refractivity contribution in [3.63, 3.8) is 0 Å². The molecular weight excluding hydrogens is 484 g/mol. The Morgan fingerprint density at radius 1 is 0.923 bits per heavy atom. The van der Waals surface area contributed by atoms with Crippen LogP contribution in [-0.2, 0) is 11.3 Å². The third-order valence-corrected chi connectivity index (χ3v) is 7.48. The fourth-order valence-corrected chi connectivity index (χ4v) is 4.72. The van der Waals surface area contributed by atoms with Crippen LogP contribution in [0, 0.1) is 5.92 Å². The minimum absolute atomic E-state index is 0.127. The van der Waals surface area contributed by atoms with Crippen molar-refractivity contribution in [1.29, 1.82) is 0 Å². The molecule has 1 unspecified atom stereocenters. The molecule has 1 atom stereocenters. The number of fused-ring (bicyclic) bond motifs is 1. The van der Waals surface area contributed by atoms with Gasteiger partial charge in [-0.2, -0.15) is 0 Å². The Bertz CT molecular complexity index is 1310. The van der Waals surface area contributed by atoms with Gasteiger partial charge in [0.25, 0.3) is 11.8 Å². The van der Waals surface area contributed by atoms with Crippen LogP contribution in [0.2, 0.25) is 0 Å². The summed E-state index contributed by atoms with van der Waals surface area (Å²) in [6.07, 6.45) is 2.03. The van der Waals surface area contributed by atoms with E-state index in [1.54, 1.807) is 6.07 Å². The molecule has 0 aromatic heterocycles. The topological polar surface area (TPSA) is 73.5 Å². The van der Waals surface area contributed by atoms with E-state index < -0.39 is 0 Å². The van der Waals surface area contributed by atoms with E-state index in [0.29, 0.717) is 35.0 Å². The van der Waals surface area contributed by atoms with E-state index in [2.05, 4.69) is 72.8 Å². The quantitative estimate of drug-likeness (QED) is 0.233. The van der Waals surface area contributed by atoms with E-state index in [4.69, 9.17) is 0 Å². The van der Waals surface area contributed by atoms with Crippen LogP contribution >= 0.6 is 0 Å². The largest absolute Gasteiger partial charge is 0.354 e. The van der Waals surface area contributed by atoms with Crippen LogP contribution < -0.4 is 16.0 Å². The number of hydrogen-bond acceptors (Lipinski definition) is 4. The van der Waals surface area contributed by atoms with Crippen molar-refractivity contribution in [2.45, 2.75) is 47.1 Å². The monoisotopic (exact) mass is 524 g/mol. The summed E-state index contributed by atoms with van der Waals surface area (Å²) in [5.41, 5.74) is 6.23. The summed E-state index contributed by atoms with van der Waals surface area (Å²) in [5.74, 6) is 0.245. The minimum Gasteiger partial charge on any atom is -0.354 e. The van der Waals surface area contributed by atoms with Crippen LogP contribution in [0.3, 0.4) is 0 Å². The molecule has 0 spiro atoms. The van der Waals surface area contributed by atoms with Crippen molar-refractivity contribution in [2.75, 3.05) is 30.3 Å². The Hall–Kier alpha value is -3.90. The van der Waals surface area contributed by atoms with Gasteiger partial charge in [0.15, 0.2) is 0 Å². The summed E-state index contributed by atoms with van der Waals surface area (Å²) >= 11 is 0. The van der Waals surface area contributed by atoms with Crippen LogP contribution in [-0.4, -0.2) is 36.3 Å². The first-order chi connectivity index (χ1) is 18.9. The fourth-order valence-electron chi connectivity index (χ4n) is 4.72. The zero-order valence-corrected chi connectivity index (χ0v) is 23.5. The second-order valence-electron chi connectivity index (χ2n) is 10.2. The number of rotatable bonds is 12. The van der Waals surface area contributed by atoms with Crippen LogP contribution in [0.15, 0.2) is 72.8 Å². The summed E-state index contributed by atoms with van der Waals surface area (Å²) in [6, 6.07) is 23.6. The molecule has 6 nitrogen and oxygen atoms in total. The molecular formula is C33H40N4O2. The van der Waals surface area contributed by atoms with Crippen molar-refractivity contribution in [2.24, 2.45) is 5.92 Å². The second-order valence-corrected chi connectivity index (χ2v) is 10.2. The van der Waals surface area contributed by atoms with Gasteiger partial charge in [0.1, 0.15) is 0 Å². The average molecular weight is 525 g/mol. The summed E-state index contributed by atoms with van der Waals surface area (Å²) in [6.45, 7) is 12.2. The maximum atomic E-state index is 13.3. The highest BCUT2D eigenvalue weighted by Crippen LogP contribution is 2.38. The van der Waals surface area contributed by atoms with E-state index in [9.17, 15) is 9.59 Å². The number of hydrogen-bond donors (Lipinski definition) is 3. The van der Waals surface area contributed by atoms with Gasteiger partial charge in [0, 0.05) is 35.6 Å². The van der Waals surface area contributed by atoms with Crippen molar-refractivity contribution in [1.82, 2.24) is 10.2 Å². The Morgan fingerprint density at radius 2 is 1.64 bits per heavy atom. The average Bonchev–Trinajstić information content (AvgIpc) is 3.30. The number of nitrogens with one attached hydrogen (secondary N) is 3. The number of anilines is 2. The SMILES string of the molecule is CCC(C)CCNC(=O)c1ccc2c(c1)C(=C(Nc1ccc(CN(CC)CC)cc1)c1ccccc1)C(=O)N2. The van der Waals surface area contributed by atoms with Crippen LogP contribution in [0.25, 0.3) is 11.3 Å². The van der Waals surface area contributed by atoms with E-state index in [0.717, 1.165) is 49.3 Å². The minimum atomic E-state index is -0.191. The Balaban J connectivity index is 1.66. The first kappa shape index (κ1) is 28.1. The summed E-state index contributed by atoms with van der Waals surface area (Å²) in [4.78, 5) is 28.6. The molecule has 1 heterocycles. The lowest BCUT2D eigenvalue weighted by molar-refractivity contribution is -0.110. The molecule has 39 heavy (non-hydrogen) atoms. The number of amides is 2. The summed E-state index contributed by atoms with van der Waals surface area (Å²) in [7, 11) is 0. The van der Waals surface area contributed by atoms with Crippen molar-refractivity contribution in [3.05, 3.63) is 95.1 Å². The fraction of sp³-hybridized carbons (Fsp3) is 0.333. The number of carbonyl (C=O) groups excluding carboxylic acids is 2. The van der Waals surface area contributed by atoms with Crippen molar-refractivity contribution in [3.8, 4) is 0 Å². The first-order valence-corrected chi connectivity index (χ1v) is 14.0. The third-order valence-electron chi connectivity index (χ3n) is 7.48. The maximum absolute atomic E-state index is 13.3. The lowest BCUT2D eigenvalue weighted by atomic mass is 9.98. The smallest absolute Gasteiger partial charge is 0.258 e. The van der Waals surface area contributed by atoms with Gasteiger partial charge in [-0.15, -0.1) is 0 Å². The maximum Gasteiger partial charge on any atom is 0.258 e. The Kier molecular flexibility index (Phi) is 9.55. The van der Waals surface area contributed by atoms with Crippen molar-refractivity contribution < 1.29 is 9.59 Å². The van der Waals surface area contributed by atoms with Crippen LogP contribution in [0.1, 0.15) is 67.6 Å². The molecule has 3 aromatic carbocycles. The molecule has 4 rings (SSSR count). The highest BCUT2D eigenvalue weighted by Gasteiger charge is 2.29. The van der Waals surface area contributed by atoms with Gasteiger partial charge < -0.3 is 16.0 Å². The van der Waals surface area contributed by atoms with Gasteiger partial charge in [0.05, 0.1) is 11.3 Å². The molecule has 3 aromatic rings. The molecule has 0 aliphatic carbocycles. The molecule has 0 saturated heterocycles. The molecule has 0 bridgehead atoms. The zero-order chi connectivity index (χ0) is 27.8. The molecule has 0 fully saturated rings. The predicted octanol–water partition coefficient (Wildman–Crippen LogP) is 6.63. The number of nitrogens with zero attached hydrogens (tertiary/aromatic N) is 1. The Morgan fingerprint density at radius 3 is 2.31 bits per heavy atom. The summed E-state index contributed by atoms with van der Waals surface area (Å²) in [5, 5.41) is 9.54. The van der Waals surface area contributed by atoms with Gasteiger partial charge >= 0.3 is 0 Å². The van der Waals surface area contributed by atoms with Gasteiger partial charge in [-0.3, -0.25) is 14.5 Å². The molecule has 6 heteroatoms. The molecule has 1 aliphatic heterocycles. The van der Waals surface area contributed by atoms with Crippen LogP contribution in [0.4, 0.5) is 11.4 Å². The highest BCUT2D eigenvalue weighted by atomic mass is 16.2. The van der Waals surface area contributed by atoms with Gasteiger partial charge in [0.2, 0.25) is 0 Å². The van der Waals surface area contributed by atoms with Crippen LogP contribution in [0.5, 0.6) is 0 Å². The number of benzene rings is 3. The Labute approximate surface area is 232 Å². The molecule has 0 radical (unpaired) electrons. The third kappa shape index (κ3) is 6.95. The highest BCUT2D eigenvalue weighted by molar-refractivity contribution is 6.37. The lowest BCUT2D eigenvalue weighted by Gasteiger charge is -2.19. The van der Waals surface area contributed by atoms with Gasteiger partial charge in [-0.25, -0.2) is 0 Å². The van der Waals surface area contributed by atoms with E-state index in [1.807, 2.05) is 42.5 Å². The zero-order valence-electron chi connectivity index (χ0n) is 23.5. The number of carbonyl (C=O) groups is 2.